The number of sulfonamides is 1. The average Bonchev–Trinajstić information content (AvgIpc) is 3.16. The lowest BCUT2D eigenvalue weighted by atomic mass is 10.0. The molecule has 122 valence electrons. The summed E-state index contributed by atoms with van der Waals surface area (Å²) in [5.41, 5.74) is -0.601. The highest BCUT2D eigenvalue weighted by molar-refractivity contribution is 7.90. The zero-order valence-corrected chi connectivity index (χ0v) is 12.5. The summed E-state index contributed by atoms with van der Waals surface area (Å²) in [6, 6.07) is 4.72. The molecular weight excluding hydrogens is 321 g/mol. The van der Waals surface area contributed by atoms with Crippen molar-refractivity contribution in [3.63, 3.8) is 0 Å². The van der Waals surface area contributed by atoms with Crippen LogP contribution in [0.2, 0.25) is 0 Å². The van der Waals surface area contributed by atoms with E-state index in [4.69, 9.17) is 0 Å². The second-order valence-corrected chi connectivity index (χ2v) is 6.99. The Balaban J connectivity index is 2.04. The normalized spacial score (nSPS) is 21.5. The van der Waals surface area contributed by atoms with Crippen molar-refractivity contribution in [3.8, 4) is 0 Å². The van der Waals surface area contributed by atoms with Crippen molar-refractivity contribution >= 4 is 15.9 Å². The van der Waals surface area contributed by atoms with E-state index in [1.807, 2.05) is 4.72 Å². The number of carbonyl (C=O) groups excluding carboxylic acids is 1. The van der Waals surface area contributed by atoms with Crippen LogP contribution in [-0.2, 0) is 21.0 Å². The summed E-state index contributed by atoms with van der Waals surface area (Å²) in [6.07, 6.45) is -4.10. The number of amides is 1. The fourth-order valence-electron chi connectivity index (χ4n) is 2.27. The van der Waals surface area contributed by atoms with E-state index in [1.165, 1.54) is 25.2 Å². The van der Waals surface area contributed by atoms with Crippen LogP contribution in [0.3, 0.4) is 0 Å². The minimum Gasteiger partial charge on any atom is -0.352 e. The van der Waals surface area contributed by atoms with Crippen molar-refractivity contribution in [2.24, 2.45) is 0 Å². The van der Waals surface area contributed by atoms with E-state index in [-0.39, 0.29) is 5.56 Å². The molecule has 0 aliphatic heterocycles. The smallest absolute Gasteiger partial charge is 0.352 e. The van der Waals surface area contributed by atoms with Gasteiger partial charge in [-0.25, -0.2) is 13.1 Å². The first-order chi connectivity index (χ1) is 10.1. The van der Waals surface area contributed by atoms with E-state index < -0.39 is 45.4 Å². The van der Waals surface area contributed by atoms with Crippen LogP contribution >= 0.6 is 0 Å². The molecule has 1 aliphatic carbocycles. The minimum absolute atomic E-state index is 0.122. The second-order valence-electron chi connectivity index (χ2n) is 5.06. The lowest BCUT2D eigenvalue weighted by molar-refractivity contribution is -0.138. The Bertz CT molecular complexity index is 673. The standard InChI is InChI=1S/C13H15F3N2O3S/c1-17-22(20,21)7-12(19)18-11-6-9(11)8-4-2-3-5-10(8)13(14,15)16/h2-5,9,11,17H,6-7H2,1H3,(H,18,19)/t9-,11-/m0/s1. The maximum absolute atomic E-state index is 12.9. The fraction of sp³-hybridized carbons (Fsp3) is 0.462. The summed E-state index contributed by atoms with van der Waals surface area (Å²) in [4.78, 5) is 11.6. The van der Waals surface area contributed by atoms with E-state index in [1.54, 1.807) is 0 Å². The van der Waals surface area contributed by atoms with Gasteiger partial charge in [0.25, 0.3) is 0 Å². The van der Waals surface area contributed by atoms with Crippen LogP contribution in [0.15, 0.2) is 24.3 Å². The van der Waals surface area contributed by atoms with Gasteiger partial charge >= 0.3 is 6.18 Å². The Kier molecular flexibility index (Phi) is 4.48. The summed E-state index contributed by atoms with van der Waals surface area (Å²) in [6.45, 7) is 0. The Morgan fingerprint density at radius 1 is 1.32 bits per heavy atom. The number of nitrogens with one attached hydrogen (secondary N) is 2. The molecule has 1 aliphatic rings. The van der Waals surface area contributed by atoms with Gasteiger partial charge in [-0.05, 0) is 25.1 Å². The van der Waals surface area contributed by atoms with Gasteiger partial charge in [0.05, 0.1) is 5.56 Å². The van der Waals surface area contributed by atoms with E-state index >= 15 is 0 Å². The molecule has 1 saturated carbocycles. The molecule has 1 amide bonds. The molecule has 0 bridgehead atoms. The first-order valence-electron chi connectivity index (χ1n) is 6.51. The van der Waals surface area contributed by atoms with Crippen molar-refractivity contribution in [2.45, 2.75) is 24.6 Å². The van der Waals surface area contributed by atoms with Crippen LogP contribution < -0.4 is 10.0 Å². The molecule has 1 fully saturated rings. The van der Waals surface area contributed by atoms with E-state index in [0.29, 0.717) is 6.42 Å². The van der Waals surface area contributed by atoms with Crippen LogP contribution in [0.1, 0.15) is 23.5 Å². The topological polar surface area (TPSA) is 75.3 Å². The van der Waals surface area contributed by atoms with Gasteiger partial charge in [-0.2, -0.15) is 13.2 Å². The van der Waals surface area contributed by atoms with Crippen molar-refractivity contribution in [1.82, 2.24) is 10.0 Å². The van der Waals surface area contributed by atoms with Gasteiger partial charge in [-0.3, -0.25) is 4.79 Å². The molecule has 0 radical (unpaired) electrons. The maximum Gasteiger partial charge on any atom is 0.416 e. The first-order valence-corrected chi connectivity index (χ1v) is 8.16. The molecule has 0 heterocycles. The van der Waals surface area contributed by atoms with Crippen molar-refractivity contribution in [3.05, 3.63) is 35.4 Å². The third kappa shape index (κ3) is 3.98. The number of hydrogen-bond acceptors (Lipinski definition) is 3. The average molecular weight is 336 g/mol. The Morgan fingerprint density at radius 2 is 1.95 bits per heavy atom. The van der Waals surface area contributed by atoms with Crippen LogP contribution in [0.25, 0.3) is 0 Å². The third-order valence-corrected chi connectivity index (χ3v) is 4.70. The summed E-state index contributed by atoms with van der Waals surface area (Å²) < 4.78 is 63.2. The number of rotatable bonds is 5. The van der Waals surface area contributed by atoms with Crippen molar-refractivity contribution in [1.29, 1.82) is 0 Å². The highest BCUT2D eigenvalue weighted by atomic mass is 32.2. The highest BCUT2D eigenvalue weighted by Crippen LogP contribution is 2.46. The van der Waals surface area contributed by atoms with E-state index in [9.17, 15) is 26.4 Å². The van der Waals surface area contributed by atoms with Crippen LogP contribution in [0.4, 0.5) is 13.2 Å². The molecule has 2 atom stereocenters. The van der Waals surface area contributed by atoms with Gasteiger partial charge in [0.2, 0.25) is 15.9 Å². The van der Waals surface area contributed by atoms with Gasteiger partial charge in [0.1, 0.15) is 5.75 Å². The van der Waals surface area contributed by atoms with Gasteiger partial charge in [-0.15, -0.1) is 0 Å². The molecule has 2 N–H and O–H groups in total. The number of carbonyl (C=O) groups is 1. The fourth-order valence-corrected chi connectivity index (χ4v) is 2.84. The SMILES string of the molecule is CNS(=O)(=O)CC(=O)N[C@H]1C[C@H]1c1ccccc1C(F)(F)F. The van der Waals surface area contributed by atoms with Crippen LogP contribution in [0, 0.1) is 0 Å². The zero-order chi connectivity index (χ0) is 16.5. The minimum atomic E-state index is -4.46. The molecule has 0 spiro atoms. The summed E-state index contributed by atoms with van der Waals surface area (Å²) in [5, 5.41) is 2.45. The molecule has 5 nitrogen and oxygen atoms in total. The van der Waals surface area contributed by atoms with Gasteiger partial charge < -0.3 is 5.32 Å². The maximum atomic E-state index is 12.9. The lowest BCUT2D eigenvalue weighted by Crippen LogP contribution is -2.36. The first kappa shape index (κ1) is 16.8. The molecule has 0 saturated heterocycles. The summed E-state index contributed by atoms with van der Waals surface area (Å²) >= 11 is 0. The van der Waals surface area contributed by atoms with Crippen molar-refractivity contribution < 1.29 is 26.4 Å². The number of benzene rings is 1. The molecule has 0 unspecified atom stereocenters. The van der Waals surface area contributed by atoms with Gasteiger partial charge in [0.15, 0.2) is 0 Å². The van der Waals surface area contributed by atoms with Gasteiger partial charge in [0, 0.05) is 12.0 Å². The quantitative estimate of drug-likeness (QED) is 0.849. The predicted molar refractivity (Wildman–Crippen MR) is 73.6 cm³/mol. The Labute approximate surface area is 125 Å². The molecular formula is C13H15F3N2O3S. The molecule has 2 rings (SSSR count). The van der Waals surface area contributed by atoms with Crippen LogP contribution in [-0.4, -0.2) is 33.2 Å². The zero-order valence-electron chi connectivity index (χ0n) is 11.6. The Morgan fingerprint density at radius 3 is 2.55 bits per heavy atom. The molecule has 9 heteroatoms. The highest BCUT2D eigenvalue weighted by Gasteiger charge is 2.45. The summed E-state index contributed by atoms with van der Waals surface area (Å²) in [5.74, 6) is -1.92. The van der Waals surface area contributed by atoms with E-state index in [2.05, 4.69) is 5.32 Å². The van der Waals surface area contributed by atoms with Crippen LogP contribution in [0.5, 0.6) is 0 Å². The summed E-state index contributed by atoms with van der Waals surface area (Å²) in [7, 11) is -2.51. The van der Waals surface area contributed by atoms with E-state index in [0.717, 1.165) is 6.07 Å². The molecule has 0 aromatic heterocycles. The Hall–Kier alpha value is -1.61. The molecule has 22 heavy (non-hydrogen) atoms. The predicted octanol–water partition coefficient (Wildman–Crippen LogP) is 1.23. The van der Waals surface area contributed by atoms with Gasteiger partial charge in [-0.1, -0.05) is 18.2 Å². The lowest BCUT2D eigenvalue weighted by Gasteiger charge is -2.12. The third-order valence-electron chi connectivity index (χ3n) is 3.43. The second kappa shape index (κ2) is 5.88. The molecule has 1 aromatic carbocycles. The van der Waals surface area contributed by atoms with Crippen molar-refractivity contribution in [2.75, 3.05) is 12.8 Å². The monoisotopic (exact) mass is 336 g/mol. The number of alkyl halides is 3. The largest absolute Gasteiger partial charge is 0.416 e. The number of hydrogen-bond donors (Lipinski definition) is 2. The number of halogens is 3. The molecule has 1 aromatic rings.